The minimum Gasteiger partial charge on any atom is -0.344 e. The number of rotatable bonds is 5. The smallest absolute Gasteiger partial charge is 0.245 e. The Balaban J connectivity index is 1.27. The van der Waals surface area contributed by atoms with Gasteiger partial charge in [0.15, 0.2) is 0 Å². The van der Waals surface area contributed by atoms with Gasteiger partial charge in [-0.05, 0) is 56.4 Å². The number of hydrogen-bond acceptors (Lipinski definition) is 5. The van der Waals surface area contributed by atoms with Crippen LogP contribution in [-0.4, -0.2) is 75.1 Å². The highest BCUT2D eigenvalue weighted by Gasteiger charge is 2.43. The molecule has 5 rings (SSSR count). The number of aromatic nitrogens is 2. The van der Waals surface area contributed by atoms with Crippen LogP contribution in [0.1, 0.15) is 50.2 Å². The fraction of sp³-hybridized carbons (Fsp3) is 0.586. The number of fused-ring (bicyclic) bond motifs is 4. The zero-order valence-electron chi connectivity index (χ0n) is 22.5. The summed E-state index contributed by atoms with van der Waals surface area (Å²) in [6, 6.07) is 8.73. The molecule has 5 atom stereocenters. The minimum absolute atomic E-state index is 0.00697. The number of carbonyl (C=O) groups is 3. The van der Waals surface area contributed by atoms with Gasteiger partial charge in [-0.15, -0.1) is 0 Å². The quantitative estimate of drug-likeness (QED) is 0.627. The average Bonchev–Trinajstić information content (AvgIpc) is 3.31. The number of piperidine rings is 2. The van der Waals surface area contributed by atoms with E-state index in [0.717, 1.165) is 38.0 Å². The molecule has 0 saturated carbocycles. The Labute approximate surface area is 224 Å². The molecule has 0 unspecified atom stereocenters. The summed E-state index contributed by atoms with van der Waals surface area (Å²) in [5.74, 6) is 0.374. The Hall–Kier alpha value is -3.20. The molecule has 4 heterocycles. The summed E-state index contributed by atoms with van der Waals surface area (Å²) in [6.07, 6.45) is 8.11. The van der Waals surface area contributed by atoms with Gasteiger partial charge in [-0.3, -0.25) is 24.0 Å². The van der Waals surface area contributed by atoms with Crippen LogP contribution in [0.15, 0.2) is 42.7 Å². The van der Waals surface area contributed by atoms with Crippen molar-refractivity contribution in [2.24, 2.45) is 18.9 Å². The zero-order chi connectivity index (χ0) is 26.6. The highest BCUT2D eigenvalue weighted by Crippen LogP contribution is 2.36. The predicted molar refractivity (Wildman–Crippen MR) is 144 cm³/mol. The molecule has 1 aromatic carbocycles. The van der Waals surface area contributed by atoms with E-state index in [4.69, 9.17) is 0 Å². The van der Waals surface area contributed by atoms with E-state index in [1.165, 1.54) is 5.56 Å². The molecular weight excluding hydrogens is 480 g/mol. The van der Waals surface area contributed by atoms with Crippen LogP contribution < -0.4 is 10.6 Å². The molecule has 9 heteroatoms. The highest BCUT2D eigenvalue weighted by molar-refractivity contribution is 5.92. The van der Waals surface area contributed by atoms with Crippen molar-refractivity contribution < 1.29 is 14.4 Å². The molecule has 0 aliphatic carbocycles. The molecule has 3 amide bonds. The summed E-state index contributed by atoms with van der Waals surface area (Å²) in [6.45, 7) is 5.22. The Morgan fingerprint density at radius 3 is 2.61 bits per heavy atom. The van der Waals surface area contributed by atoms with Crippen molar-refractivity contribution in [3.63, 3.8) is 0 Å². The number of carbonyl (C=O) groups excluding carboxylic acids is 3. The lowest BCUT2D eigenvalue weighted by molar-refractivity contribution is -0.145. The van der Waals surface area contributed by atoms with E-state index < -0.39 is 12.1 Å². The van der Waals surface area contributed by atoms with Crippen molar-refractivity contribution in [1.82, 2.24) is 30.2 Å². The lowest BCUT2D eigenvalue weighted by Gasteiger charge is -2.51. The average molecular weight is 521 g/mol. The second-order valence-electron chi connectivity index (χ2n) is 11.4. The van der Waals surface area contributed by atoms with Crippen LogP contribution in [0.3, 0.4) is 0 Å². The summed E-state index contributed by atoms with van der Waals surface area (Å²) in [5.41, 5.74) is 2.32. The van der Waals surface area contributed by atoms with E-state index in [1.54, 1.807) is 6.92 Å². The van der Waals surface area contributed by atoms with Crippen LogP contribution >= 0.6 is 0 Å². The van der Waals surface area contributed by atoms with E-state index in [1.807, 2.05) is 53.2 Å². The van der Waals surface area contributed by atoms with Gasteiger partial charge in [0.05, 0.1) is 6.20 Å². The molecule has 0 radical (unpaired) electrons. The van der Waals surface area contributed by atoms with Crippen molar-refractivity contribution in [1.29, 1.82) is 0 Å². The number of amides is 3. The van der Waals surface area contributed by atoms with E-state index in [-0.39, 0.29) is 23.8 Å². The highest BCUT2D eigenvalue weighted by atomic mass is 16.2. The third-order valence-electron chi connectivity index (χ3n) is 8.34. The van der Waals surface area contributed by atoms with Gasteiger partial charge in [0, 0.05) is 57.4 Å². The molecule has 38 heavy (non-hydrogen) atoms. The Morgan fingerprint density at radius 1 is 1.03 bits per heavy atom. The molecular formula is C29H40N6O3. The third kappa shape index (κ3) is 6.26. The van der Waals surface area contributed by atoms with Crippen LogP contribution in [0, 0.1) is 11.8 Å². The van der Waals surface area contributed by atoms with Crippen LogP contribution in [-0.2, 0) is 34.4 Å². The van der Waals surface area contributed by atoms with E-state index in [0.29, 0.717) is 44.1 Å². The maximum Gasteiger partial charge on any atom is 0.245 e. The Morgan fingerprint density at radius 2 is 1.84 bits per heavy atom. The Bertz CT molecular complexity index is 1130. The van der Waals surface area contributed by atoms with Crippen molar-refractivity contribution in [3.8, 4) is 0 Å². The van der Waals surface area contributed by atoms with Gasteiger partial charge < -0.3 is 15.5 Å². The first-order valence-corrected chi connectivity index (χ1v) is 14.0. The fourth-order valence-electron chi connectivity index (χ4n) is 6.60. The summed E-state index contributed by atoms with van der Waals surface area (Å²) in [5, 5.41) is 10.2. The SMILES string of the molecule is C[C@H]1NC(=O)[C@H](CCc2ccccc2)NC(=O)CCC[C@H]2[C@@H]3C[C@@H](CN(Cc4cnn(C)c4)C3)CN2C1=O. The predicted octanol–water partition coefficient (Wildman–Crippen LogP) is 1.88. The van der Waals surface area contributed by atoms with Crippen molar-refractivity contribution in [2.45, 2.75) is 70.1 Å². The lowest BCUT2D eigenvalue weighted by Crippen LogP contribution is -2.62. The van der Waals surface area contributed by atoms with Crippen molar-refractivity contribution in [2.75, 3.05) is 19.6 Å². The van der Waals surface area contributed by atoms with Crippen LogP contribution in [0.25, 0.3) is 0 Å². The normalized spacial score (nSPS) is 29.1. The molecule has 3 aliphatic rings. The van der Waals surface area contributed by atoms with E-state index in [9.17, 15) is 14.4 Å². The summed E-state index contributed by atoms with van der Waals surface area (Å²) in [4.78, 5) is 44.3. The maximum absolute atomic E-state index is 13.7. The van der Waals surface area contributed by atoms with Crippen LogP contribution in [0.4, 0.5) is 0 Å². The fourth-order valence-corrected chi connectivity index (χ4v) is 6.60. The summed E-state index contributed by atoms with van der Waals surface area (Å²) < 4.78 is 1.83. The first-order chi connectivity index (χ1) is 18.4. The maximum atomic E-state index is 13.7. The topological polar surface area (TPSA) is 99.6 Å². The summed E-state index contributed by atoms with van der Waals surface area (Å²) >= 11 is 0. The number of nitrogens with zero attached hydrogens (tertiary/aromatic N) is 4. The molecule has 2 aromatic rings. The first kappa shape index (κ1) is 26.4. The van der Waals surface area contributed by atoms with E-state index in [2.05, 4.69) is 26.8 Å². The lowest BCUT2D eigenvalue weighted by atomic mass is 9.77. The van der Waals surface area contributed by atoms with Gasteiger partial charge in [0.2, 0.25) is 17.7 Å². The monoisotopic (exact) mass is 520 g/mol. The second-order valence-corrected chi connectivity index (χ2v) is 11.4. The number of aryl methyl sites for hydroxylation is 2. The first-order valence-electron chi connectivity index (χ1n) is 14.0. The Kier molecular flexibility index (Phi) is 8.12. The van der Waals surface area contributed by atoms with Gasteiger partial charge in [0.1, 0.15) is 12.1 Å². The van der Waals surface area contributed by atoms with Gasteiger partial charge in [0.25, 0.3) is 0 Å². The molecule has 9 nitrogen and oxygen atoms in total. The molecule has 3 saturated heterocycles. The number of nitrogens with one attached hydrogen (secondary N) is 2. The molecule has 3 fully saturated rings. The molecule has 204 valence electrons. The van der Waals surface area contributed by atoms with E-state index >= 15 is 0 Å². The molecule has 3 aliphatic heterocycles. The molecule has 2 N–H and O–H groups in total. The number of likely N-dealkylation sites (tertiary alicyclic amines) is 1. The van der Waals surface area contributed by atoms with Crippen LogP contribution in [0.5, 0.6) is 0 Å². The molecule has 2 bridgehead atoms. The van der Waals surface area contributed by atoms with Gasteiger partial charge in [-0.2, -0.15) is 5.10 Å². The number of hydrogen-bond donors (Lipinski definition) is 2. The van der Waals surface area contributed by atoms with Crippen molar-refractivity contribution >= 4 is 17.7 Å². The van der Waals surface area contributed by atoms with Crippen LogP contribution in [0.2, 0.25) is 0 Å². The second kappa shape index (κ2) is 11.7. The number of benzene rings is 1. The van der Waals surface area contributed by atoms with Crippen molar-refractivity contribution in [3.05, 3.63) is 53.9 Å². The zero-order valence-corrected chi connectivity index (χ0v) is 22.5. The van der Waals surface area contributed by atoms with Gasteiger partial charge in [-0.1, -0.05) is 30.3 Å². The molecule has 1 aromatic heterocycles. The molecule has 0 spiro atoms. The standard InChI is InChI=1S/C29H40N6O3/c1-20-29(38)35-18-22-13-24(19-34(16-22)17-23-14-30-33(2)15-23)26(35)9-6-10-27(36)32-25(28(37)31-20)12-11-21-7-4-3-5-8-21/h3-5,7-8,14-15,20,22,24-26H,6,9-13,16-19H2,1-2H3,(H,31,37)(H,32,36)/t20-,22+,24-,25+,26+/m1/s1. The van der Waals surface area contributed by atoms with Gasteiger partial charge in [-0.25, -0.2) is 0 Å². The third-order valence-corrected chi connectivity index (χ3v) is 8.34. The van der Waals surface area contributed by atoms with Gasteiger partial charge >= 0.3 is 0 Å². The minimum atomic E-state index is -0.657. The largest absolute Gasteiger partial charge is 0.344 e. The summed E-state index contributed by atoms with van der Waals surface area (Å²) in [7, 11) is 1.93.